The Kier molecular flexibility index (Phi) is 2.72. The van der Waals surface area contributed by atoms with Gasteiger partial charge in [-0.05, 0) is 12.1 Å². The Morgan fingerprint density at radius 1 is 1.31 bits per heavy atom. The van der Waals surface area contributed by atoms with Gasteiger partial charge in [-0.3, -0.25) is 4.79 Å². The van der Waals surface area contributed by atoms with Crippen molar-refractivity contribution >= 4 is 22.7 Å². The molecular weight excluding hydrogens is 206 g/mol. The molecule has 1 aromatic heterocycles. The van der Waals surface area contributed by atoms with Crippen LogP contribution in [0, 0.1) is 0 Å². The maximum atomic E-state index is 11.3. The van der Waals surface area contributed by atoms with Crippen LogP contribution in [0.4, 0.5) is 0 Å². The molecule has 0 aliphatic carbocycles. The van der Waals surface area contributed by atoms with Gasteiger partial charge in [0.15, 0.2) is 5.75 Å². The zero-order valence-corrected chi connectivity index (χ0v) is 8.82. The van der Waals surface area contributed by atoms with E-state index in [-0.39, 0.29) is 6.42 Å². The number of H-pyrrole nitrogens is 1. The number of benzene rings is 1. The molecular formula is C12H11NO3. The van der Waals surface area contributed by atoms with Gasteiger partial charge in [-0.2, -0.15) is 0 Å². The maximum Gasteiger partial charge on any atom is 0.380 e. The van der Waals surface area contributed by atoms with Crippen LogP contribution in [-0.2, 0) is 9.59 Å². The Balaban J connectivity index is 2.28. The molecule has 1 heterocycles. The van der Waals surface area contributed by atoms with Crippen molar-refractivity contribution < 1.29 is 14.3 Å². The van der Waals surface area contributed by atoms with E-state index in [0.29, 0.717) is 5.75 Å². The second-order valence-corrected chi connectivity index (χ2v) is 3.36. The molecule has 16 heavy (non-hydrogen) atoms. The fraction of sp³-hybridized carbons (Fsp3) is 0.167. The number of hydrogen-bond acceptors (Lipinski definition) is 3. The van der Waals surface area contributed by atoms with Crippen molar-refractivity contribution in [3.63, 3.8) is 0 Å². The highest BCUT2D eigenvalue weighted by Crippen LogP contribution is 2.24. The number of para-hydroxylation sites is 1. The Labute approximate surface area is 92.2 Å². The number of esters is 1. The van der Waals surface area contributed by atoms with E-state index in [1.165, 1.54) is 0 Å². The molecule has 4 nitrogen and oxygen atoms in total. The topological polar surface area (TPSA) is 59.2 Å². The highest BCUT2D eigenvalue weighted by atomic mass is 16.5. The summed E-state index contributed by atoms with van der Waals surface area (Å²) in [5.74, 6) is -0.945. The highest BCUT2D eigenvalue weighted by Gasteiger charge is 2.15. The second kappa shape index (κ2) is 4.18. The summed E-state index contributed by atoms with van der Waals surface area (Å²) in [7, 11) is 0. The minimum atomic E-state index is -0.813. The van der Waals surface area contributed by atoms with Crippen molar-refractivity contribution in [2.75, 3.05) is 0 Å². The summed E-state index contributed by atoms with van der Waals surface area (Å²) in [6, 6.07) is 7.41. The zero-order chi connectivity index (χ0) is 11.5. The summed E-state index contributed by atoms with van der Waals surface area (Å²) >= 11 is 0. The van der Waals surface area contributed by atoms with Gasteiger partial charge in [0.2, 0.25) is 5.78 Å². The quantitative estimate of drug-likeness (QED) is 0.632. The number of nitrogens with one attached hydrogen (secondary N) is 1. The number of hydrogen-bond donors (Lipinski definition) is 1. The van der Waals surface area contributed by atoms with E-state index in [0.717, 1.165) is 10.9 Å². The Hall–Kier alpha value is -2.10. The molecule has 0 unspecified atom stereocenters. The number of fused-ring (bicyclic) bond motifs is 1. The summed E-state index contributed by atoms with van der Waals surface area (Å²) in [5.41, 5.74) is 0.870. The molecule has 0 spiro atoms. The first kappa shape index (κ1) is 10.4. The first-order valence-corrected chi connectivity index (χ1v) is 5.03. The first-order valence-electron chi connectivity index (χ1n) is 5.03. The number of Topliss-reactive ketones (excluding diaryl/α,β-unsaturated/α-hetero) is 1. The molecule has 0 saturated carbocycles. The average Bonchev–Trinajstić information content (AvgIpc) is 2.72. The van der Waals surface area contributed by atoms with Crippen LogP contribution in [0.15, 0.2) is 30.5 Å². The predicted octanol–water partition coefficient (Wildman–Crippen LogP) is 2.05. The summed E-state index contributed by atoms with van der Waals surface area (Å²) in [6.07, 6.45) is 1.73. The van der Waals surface area contributed by atoms with E-state index in [9.17, 15) is 9.59 Å². The lowest BCUT2D eigenvalue weighted by Crippen LogP contribution is -2.18. The van der Waals surface area contributed by atoms with Crippen molar-refractivity contribution in [1.82, 2.24) is 4.98 Å². The molecule has 2 aromatic rings. The molecule has 0 aliphatic heterocycles. The van der Waals surface area contributed by atoms with Gasteiger partial charge in [-0.1, -0.05) is 19.1 Å². The van der Waals surface area contributed by atoms with Crippen LogP contribution in [-0.4, -0.2) is 16.7 Å². The van der Waals surface area contributed by atoms with Crippen molar-refractivity contribution in [2.24, 2.45) is 0 Å². The molecule has 0 amide bonds. The maximum absolute atomic E-state index is 11.3. The van der Waals surface area contributed by atoms with Gasteiger partial charge >= 0.3 is 5.97 Å². The largest absolute Gasteiger partial charge is 0.419 e. The molecule has 0 fully saturated rings. The molecule has 0 bridgehead atoms. The lowest BCUT2D eigenvalue weighted by Gasteiger charge is -1.99. The SMILES string of the molecule is CCC(=O)C(=O)Oc1c[nH]c2ccccc12. The van der Waals surface area contributed by atoms with E-state index < -0.39 is 11.8 Å². The summed E-state index contributed by atoms with van der Waals surface area (Å²) in [5, 5.41) is 0.791. The third kappa shape index (κ3) is 1.82. The standard InChI is InChI=1S/C12H11NO3/c1-2-10(14)12(15)16-11-7-13-9-6-4-3-5-8(9)11/h3-7,13H,2H2,1H3. The van der Waals surface area contributed by atoms with Crippen LogP contribution < -0.4 is 4.74 Å². The minimum absolute atomic E-state index is 0.154. The van der Waals surface area contributed by atoms with Crippen LogP contribution in [0.5, 0.6) is 5.75 Å². The zero-order valence-electron chi connectivity index (χ0n) is 8.82. The van der Waals surface area contributed by atoms with Gasteiger partial charge < -0.3 is 9.72 Å². The van der Waals surface area contributed by atoms with E-state index in [1.807, 2.05) is 24.3 Å². The van der Waals surface area contributed by atoms with Crippen LogP contribution in [0.3, 0.4) is 0 Å². The lowest BCUT2D eigenvalue weighted by atomic mass is 10.2. The van der Waals surface area contributed by atoms with Gasteiger partial charge in [-0.25, -0.2) is 4.79 Å². The molecule has 4 heteroatoms. The second-order valence-electron chi connectivity index (χ2n) is 3.36. The average molecular weight is 217 g/mol. The molecule has 0 atom stereocenters. The summed E-state index contributed by atoms with van der Waals surface area (Å²) < 4.78 is 5.00. The number of aromatic amines is 1. The van der Waals surface area contributed by atoms with Crippen molar-refractivity contribution in [3.05, 3.63) is 30.5 Å². The van der Waals surface area contributed by atoms with Gasteiger partial charge in [0.25, 0.3) is 0 Å². The number of carbonyl (C=O) groups is 2. The highest BCUT2D eigenvalue weighted by molar-refractivity contribution is 6.34. The van der Waals surface area contributed by atoms with Crippen LogP contribution >= 0.6 is 0 Å². The Morgan fingerprint density at radius 3 is 2.81 bits per heavy atom. The fourth-order valence-electron chi connectivity index (χ4n) is 1.43. The van der Waals surface area contributed by atoms with Crippen molar-refractivity contribution in [2.45, 2.75) is 13.3 Å². The van der Waals surface area contributed by atoms with Gasteiger partial charge in [0, 0.05) is 23.5 Å². The van der Waals surface area contributed by atoms with E-state index >= 15 is 0 Å². The smallest absolute Gasteiger partial charge is 0.380 e. The normalized spacial score (nSPS) is 10.3. The fourth-order valence-corrected chi connectivity index (χ4v) is 1.43. The van der Waals surface area contributed by atoms with E-state index in [1.54, 1.807) is 13.1 Å². The molecule has 0 aliphatic rings. The van der Waals surface area contributed by atoms with Crippen molar-refractivity contribution in [1.29, 1.82) is 0 Å². The van der Waals surface area contributed by atoms with Crippen LogP contribution in [0.25, 0.3) is 10.9 Å². The molecule has 0 radical (unpaired) electrons. The third-order valence-electron chi connectivity index (χ3n) is 2.30. The third-order valence-corrected chi connectivity index (χ3v) is 2.30. The number of carbonyl (C=O) groups excluding carboxylic acids is 2. The van der Waals surface area contributed by atoms with Gasteiger partial charge in [-0.15, -0.1) is 0 Å². The Morgan fingerprint density at radius 2 is 2.06 bits per heavy atom. The first-order chi connectivity index (χ1) is 7.72. The van der Waals surface area contributed by atoms with Crippen molar-refractivity contribution in [3.8, 4) is 5.75 Å². The molecule has 1 N–H and O–H groups in total. The number of aromatic nitrogens is 1. The Bertz CT molecular complexity index is 542. The monoisotopic (exact) mass is 217 g/mol. The minimum Gasteiger partial charge on any atom is -0.419 e. The van der Waals surface area contributed by atoms with Gasteiger partial charge in [0.05, 0.1) is 0 Å². The number of ketones is 1. The molecule has 1 aromatic carbocycles. The predicted molar refractivity (Wildman–Crippen MR) is 59.2 cm³/mol. The van der Waals surface area contributed by atoms with Crippen LogP contribution in [0.1, 0.15) is 13.3 Å². The van der Waals surface area contributed by atoms with Gasteiger partial charge in [0.1, 0.15) is 0 Å². The number of ether oxygens (including phenoxy) is 1. The molecule has 2 rings (SSSR count). The molecule has 0 saturated heterocycles. The van der Waals surface area contributed by atoms with E-state index in [2.05, 4.69) is 4.98 Å². The van der Waals surface area contributed by atoms with Crippen LogP contribution in [0.2, 0.25) is 0 Å². The molecule has 82 valence electrons. The lowest BCUT2D eigenvalue weighted by molar-refractivity contribution is -0.146. The summed E-state index contributed by atoms with van der Waals surface area (Å²) in [6.45, 7) is 1.62. The number of rotatable bonds is 3. The summed E-state index contributed by atoms with van der Waals surface area (Å²) in [4.78, 5) is 25.4. The van der Waals surface area contributed by atoms with E-state index in [4.69, 9.17) is 4.74 Å².